The molecule has 8 nitrogen and oxygen atoms in total. The molecule has 37 heavy (non-hydrogen) atoms. The van der Waals surface area contributed by atoms with E-state index >= 15 is 0 Å². The summed E-state index contributed by atoms with van der Waals surface area (Å²) in [4.78, 5) is 50.8. The largest absolute Gasteiger partial charge is 0.455 e. The molecule has 0 saturated carbocycles. The van der Waals surface area contributed by atoms with Crippen LogP contribution in [-0.4, -0.2) is 41.9 Å². The first-order valence-corrected chi connectivity index (χ1v) is 12.1. The number of carbonyl (C=O) groups excluding carboxylic acids is 4. The molecule has 1 aliphatic heterocycles. The van der Waals surface area contributed by atoms with Crippen molar-refractivity contribution in [2.75, 3.05) is 18.5 Å². The quantitative estimate of drug-likeness (QED) is 0.462. The number of ether oxygens (including phenoxy) is 1. The van der Waals surface area contributed by atoms with Gasteiger partial charge >= 0.3 is 5.97 Å². The molecule has 1 fully saturated rings. The highest BCUT2D eigenvalue weighted by atomic mass is 16.5. The Balaban J connectivity index is 1.35. The van der Waals surface area contributed by atoms with E-state index in [2.05, 4.69) is 10.7 Å². The van der Waals surface area contributed by atoms with Crippen molar-refractivity contribution in [3.8, 4) is 0 Å². The van der Waals surface area contributed by atoms with E-state index in [0.29, 0.717) is 5.69 Å². The van der Waals surface area contributed by atoms with Crippen LogP contribution in [0.2, 0.25) is 0 Å². The number of benzene rings is 3. The summed E-state index contributed by atoms with van der Waals surface area (Å²) < 4.78 is 5.18. The molecule has 190 valence electrons. The summed E-state index contributed by atoms with van der Waals surface area (Å²) in [5.41, 5.74) is 6.85. The minimum Gasteiger partial charge on any atom is -0.455 e. The topological polar surface area (TPSA) is 105 Å². The third kappa shape index (κ3) is 6.22. The number of hydrazine groups is 1. The van der Waals surface area contributed by atoms with E-state index in [9.17, 15) is 19.2 Å². The summed E-state index contributed by atoms with van der Waals surface area (Å²) in [7, 11) is 0. The van der Waals surface area contributed by atoms with Gasteiger partial charge in [0.1, 0.15) is 0 Å². The Kier molecular flexibility index (Phi) is 7.98. The number of esters is 1. The van der Waals surface area contributed by atoms with Crippen molar-refractivity contribution >= 4 is 29.4 Å². The summed E-state index contributed by atoms with van der Waals surface area (Å²) in [5, 5.41) is 3.89. The fourth-order valence-corrected chi connectivity index (χ4v) is 4.28. The average Bonchev–Trinajstić information content (AvgIpc) is 3.26. The van der Waals surface area contributed by atoms with Crippen molar-refractivity contribution in [3.05, 3.63) is 101 Å². The van der Waals surface area contributed by atoms with Crippen molar-refractivity contribution in [1.29, 1.82) is 0 Å². The van der Waals surface area contributed by atoms with Crippen LogP contribution in [0.15, 0.2) is 78.9 Å². The molecule has 1 aliphatic rings. The third-order valence-corrected chi connectivity index (χ3v) is 6.46. The second-order valence-corrected chi connectivity index (χ2v) is 9.04. The number of nitrogens with zero attached hydrogens (tertiary/aromatic N) is 1. The van der Waals surface area contributed by atoms with Gasteiger partial charge in [0.2, 0.25) is 5.91 Å². The molecule has 2 N–H and O–H groups in total. The molecule has 3 amide bonds. The highest BCUT2D eigenvalue weighted by Gasteiger charge is 2.37. The fraction of sp³-hybridized carbons (Fsp3) is 0.241. The molecule has 0 radical (unpaired) electrons. The van der Waals surface area contributed by atoms with Crippen molar-refractivity contribution in [2.24, 2.45) is 5.92 Å². The van der Waals surface area contributed by atoms with Crippen LogP contribution in [0.25, 0.3) is 0 Å². The van der Waals surface area contributed by atoms with Crippen molar-refractivity contribution in [3.63, 3.8) is 0 Å². The van der Waals surface area contributed by atoms with Crippen molar-refractivity contribution in [2.45, 2.75) is 26.2 Å². The van der Waals surface area contributed by atoms with E-state index in [1.54, 1.807) is 6.07 Å². The van der Waals surface area contributed by atoms with Crippen LogP contribution >= 0.6 is 0 Å². The first-order valence-electron chi connectivity index (χ1n) is 12.1. The molecule has 1 atom stereocenters. The van der Waals surface area contributed by atoms with Crippen LogP contribution in [0.1, 0.15) is 34.6 Å². The number of carbonyl (C=O) groups is 4. The molecule has 1 heterocycles. The molecule has 0 spiro atoms. The molecular formula is C29H29N3O5. The summed E-state index contributed by atoms with van der Waals surface area (Å²) in [6, 6.07) is 24.1. The Hall–Kier alpha value is -4.46. The van der Waals surface area contributed by atoms with Gasteiger partial charge in [0, 0.05) is 12.1 Å². The Labute approximate surface area is 215 Å². The minimum absolute atomic E-state index is 0.0295. The van der Waals surface area contributed by atoms with Gasteiger partial charge in [0.25, 0.3) is 11.8 Å². The molecule has 3 aromatic carbocycles. The lowest BCUT2D eigenvalue weighted by Crippen LogP contribution is -2.45. The first-order chi connectivity index (χ1) is 17.8. The molecule has 0 unspecified atom stereocenters. The van der Waals surface area contributed by atoms with Crippen LogP contribution in [0, 0.1) is 19.8 Å². The fourth-order valence-electron chi connectivity index (χ4n) is 4.28. The SMILES string of the molecule is Cc1cccc(NC(=O)COC(=O)[C@H]2CC(=O)N(NC(=O)C(c3ccccc3)c3ccccc3)C2)c1C. The van der Waals surface area contributed by atoms with Gasteiger partial charge in [-0.25, -0.2) is 0 Å². The zero-order valence-electron chi connectivity index (χ0n) is 20.8. The van der Waals surface area contributed by atoms with E-state index in [1.807, 2.05) is 86.6 Å². The monoisotopic (exact) mass is 499 g/mol. The number of hydrogen-bond acceptors (Lipinski definition) is 5. The second-order valence-electron chi connectivity index (χ2n) is 9.04. The zero-order chi connectivity index (χ0) is 26.4. The third-order valence-electron chi connectivity index (χ3n) is 6.46. The normalized spacial score (nSPS) is 14.9. The van der Waals surface area contributed by atoms with Crippen LogP contribution in [0.4, 0.5) is 5.69 Å². The molecule has 0 aromatic heterocycles. The molecule has 0 bridgehead atoms. The average molecular weight is 500 g/mol. The molecule has 3 aromatic rings. The number of anilines is 1. The van der Waals surface area contributed by atoms with Crippen LogP contribution < -0.4 is 10.7 Å². The van der Waals surface area contributed by atoms with Crippen LogP contribution in [-0.2, 0) is 23.9 Å². The summed E-state index contributed by atoms with van der Waals surface area (Å²) in [6.07, 6.45) is -0.112. The number of aryl methyl sites for hydroxylation is 1. The van der Waals surface area contributed by atoms with Gasteiger partial charge in [-0.15, -0.1) is 0 Å². The van der Waals surface area contributed by atoms with Gasteiger partial charge < -0.3 is 10.1 Å². The predicted molar refractivity (Wildman–Crippen MR) is 138 cm³/mol. The predicted octanol–water partition coefficient (Wildman–Crippen LogP) is 3.50. The Morgan fingerprint density at radius 1 is 0.919 bits per heavy atom. The summed E-state index contributed by atoms with van der Waals surface area (Å²) >= 11 is 0. The Morgan fingerprint density at radius 3 is 2.16 bits per heavy atom. The number of nitrogens with one attached hydrogen (secondary N) is 2. The van der Waals surface area contributed by atoms with Crippen LogP contribution in [0.3, 0.4) is 0 Å². The molecule has 4 rings (SSSR count). The highest BCUT2D eigenvalue weighted by Crippen LogP contribution is 2.26. The van der Waals surface area contributed by atoms with Crippen LogP contribution in [0.5, 0.6) is 0 Å². The van der Waals surface area contributed by atoms with Crippen molar-refractivity contribution < 1.29 is 23.9 Å². The van der Waals surface area contributed by atoms with E-state index < -0.39 is 36.2 Å². The van der Waals surface area contributed by atoms with Gasteiger partial charge in [-0.1, -0.05) is 72.8 Å². The Morgan fingerprint density at radius 2 is 1.54 bits per heavy atom. The number of amides is 3. The molecular weight excluding hydrogens is 470 g/mol. The minimum atomic E-state index is -0.784. The Bertz CT molecular complexity index is 1250. The lowest BCUT2D eigenvalue weighted by molar-refractivity contribution is -0.151. The summed E-state index contributed by atoms with van der Waals surface area (Å²) in [5.74, 6) is -3.32. The smallest absolute Gasteiger partial charge is 0.311 e. The lowest BCUT2D eigenvalue weighted by atomic mass is 9.91. The van der Waals surface area contributed by atoms with E-state index in [-0.39, 0.29) is 18.9 Å². The standard InChI is InChI=1S/C29H29N3O5/c1-19-10-9-15-24(20(19)2)30-25(33)18-37-29(36)23-16-26(34)32(17-23)31-28(35)27(21-11-5-3-6-12-21)22-13-7-4-8-14-22/h3-15,23,27H,16-18H2,1-2H3,(H,30,33)(H,31,35)/t23-/m0/s1. The van der Waals surface area contributed by atoms with Gasteiger partial charge in [-0.2, -0.15) is 0 Å². The maximum absolute atomic E-state index is 13.3. The molecule has 8 heteroatoms. The maximum atomic E-state index is 13.3. The molecule has 1 saturated heterocycles. The van der Waals surface area contributed by atoms with Gasteiger partial charge in [-0.05, 0) is 42.2 Å². The van der Waals surface area contributed by atoms with Crippen molar-refractivity contribution in [1.82, 2.24) is 10.4 Å². The second kappa shape index (κ2) is 11.5. The highest BCUT2D eigenvalue weighted by molar-refractivity contribution is 5.95. The van der Waals surface area contributed by atoms with E-state index in [0.717, 1.165) is 27.3 Å². The zero-order valence-corrected chi connectivity index (χ0v) is 20.8. The van der Waals surface area contributed by atoms with Gasteiger partial charge in [0.05, 0.1) is 18.4 Å². The number of rotatable bonds is 8. The molecule has 0 aliphatic carbocycles. The van der Waals surface area contributed by atoms with E-state index in [4.69, 9.17) is 4.74 Å². The van der Waals surface area contributed by atoms with Gasteiger partial charge in [0.15, 0.2) is 6.61 Å². The van der Waals surface area contributed by atoms with Gasteiger partial charge in [-0.3, -0.25) is 29.6 Å². The maximum Gasteiger partial charge on any atom is 0.311 e. The summed E-state index contributed by atoms with van der Waals surface area (Å²) in [6.45, 7) is 3.34. The lowest BCUT2D eigenvalue weighted by Gasteiger charge is -2.23. The first kappa shape index (κ1) is 25.6. The van der Waals surface area contributed by atoms with E-state index in [1.165, 1.54) is 0 Å². The number of hydrogen-bond donors (Lipinski definition) is 2.